The molecule has 156 valence electrons. The summed E-state index contributed by atoms with van der Waals surface area (Å²) in [5.74, 6) is 0.141. The Balaban J connectivity index is 1.38. The van der Waals surface area contributed by atoms with E-state index < -0.39 is 0 Å². The van der Waals surface area contributed by atoms with Gasteiger partial charge in [-0.25, -0.2) is 0 Å². The van der Waals surface area contributed by atoms with Crippen molar-refractivity contribution in [2.45, 2.75) is 39.7 Å². The van der Waals surface area contributed by atoms with Crippen LogP contribution in [0.2, 0.25) is 0 Å². The average Bonchev–Trinajstić information content (AvgIpc) is 3.26. The van der Waals surface area contributed by atoms with E-state index in [1.54, 1.807) is 11.3 Å². The molecule has 2 amide bonds. The van der Waals surface area contributed by atoms with Crippen LogP contribution in [0.1, 0.15) is 43.5 Å². The number of rotatable bonds is 4. The molecule has 0 spiro atoms. The summed E-state index contributed by atoms with van der Waals surface area (Å²) in [5.41, 5.74) is 4.29. The molecule has 1 N–H and O–H groups in total. The molecule has 8 heteroatoms. The highest BCUT2D eigenvalue weighted by molar-refractivity contribution is 7.14. The highest BCUT2D eigenvalue weighted by Crippen LogP contribution is 2.33. The number of aryl methyl sites for hydroxylation is 3. The predicted molar refractivity (Wildman–Crippen MR) is 111 cm³/mol. The van der Waals surface area contributed by atoms with E-state index in [0.29, 0.717) is 39.3 Å². The van der Waals surface area contributed by atoms with E-state index in [1.165, 1.54) is 4.88 Å². The number of amides is 2. The first kappa shape index (κ1) is 20.1. The standard InChI is InChI=1S/C21H28N4O3S/c1-13-17(14(2)24(3)23-13)12-22-20(26)15-4-5-18-16(10-15)11-19(29-18)21(27)25-6-8-28-9-7-25/h11,15H,4-10,12H2,1-3H3,(H,22,26)/t15-/m1/s1. The zero-order chi connectivity index (χ0) is 20.5. The van der Waals surface area contributed by atoms with E-state index in [0.717, 1.165) is 40.2 Å². The largest absolute Gasteiger partial charge is 0.378 e. The Bertz CT molecular complexity index is 927. The van der Waals surface area contributed by atoms with Crippen LogP contribution in [0.5, 0.6) is 0 Å². The van der Waals surface area contributed by atoms with E-state index >= 15 is 0 Å². The van der Waals surface area contributed by atoms with Crippen LogP contribution in [0.25, 0.3) is 0 Å². The first-order valence-corrected chi connectivity index (χ1v) is 11.0. The number of nitrogens with zero attached hydrogens (tertiary/aromatic N) is 3. The minimum Gasteiger partial charge on any atom is -0.378 e. The first-order chi connectivity index (χ1) is 13.9. The molecule has 3 heterocycles. The smallest absolute Gasteiger partial charge is 0.264 e. The number of carbonyl (C=O) groups excluding carboxylic acids is 2. The van der Waals surface area contributed by atoms with E-state index in [4.69, 9.17) is 4.74 Å². The Morgan fingerprint density at radius 3 is 2.76 bits per heavy atom. The van der Waals surface area contributed by atoms with Crippen LogP contribution in [-0.4, -0.2) is 52.8 Å². The molecule has 0 saturated carbocycles. The Morgan fingerprint density at radius 2 is 2.07 bits per heavy atom. The summed E-state index contributed by atoms with van der Waals surface area (Å²) >= 11 is 1.59. The fourth-order valence-electron chi connectivity index (χ4n) is 4.17. The maximum atomic E-state index is 12.8. The molecule has 2 aromatic rings. The Labute approximate surface area is 175 Å². The van der Waals surface area contributed by atoms with Crippen molar-refractivity contribution in [3.63, 3.8) is 0 Å². The molecule has 0 bridgehead atoms. The summed E-state index contributed by atoms with van der Waals surface area (Å²) in [6.07, 6.45) is 2.40. The molecule has 29 heavy (non-hydrogen) atoms. The lowest BCUT2D eigenvalue weighted by atomic mass is 9.87. The molecule has 7 nitrogen and oxygen atoms in total. The van der Waals surface area contributed by atoms with Gasteiger partial charge in [0.05, 0.1) is 23.8 Å². The number of ether oxygens (including phenoxy) is 1. The Morgan fingerprint density at radius 1 is 1.31 bits per heavy atom. The fraction of sp³-hybridized carbons (Fsp3) is 0.571. The van der Waals surface area contributed by atoms with Gasteiger partial charge in [-0.3, -0.25) is 14.3 Å². The number of fused-ring (bicyclic) bond motifs is 1. The summed E-state index contributed by atoms with van der Waals surface area (Å²) in [5, 5.41) is 7.51. The van der Waals surface area contributed by atoms with Crippen molar-refractivity contribution in [1.29, 1.82) is 0 Å². The van der Waals surface area contributed by atoms with Crippen molar-refractivity contribution in [3.8, 4) is 0 Å². The number of aromatic nitrogens is 2. The Hall–Kier alpha value is -2.19. The zero-order valence-electron chi connectivity index (χ0n) is 17.3. The molecule has 2 aromatic heterocycles. The first-order valence-electron chi connectivity index (χ1n) is 10.2. The molecule has 1 fully saturated rings. The third-order valence-electron chi connectivity index (χ3n) is 6.06. The highest BCUT2D eigenvalue weighted by Gasteiger charge is 2.29. The fourth-order valence-corrected chi connectivity index (χ4v) is 5.34. The average molecular weight is 417 g/mol. The molecule has 0 radical (unpaired) electrons. The molecule has 1 atom stereocenters. The van der Waals surface area contributed by atoms with Gasteiger partial charge in [0.15, 0.2) is 0 Å². The van der Waals surface area contributed by atoms with Gasteiger partial charge < -0.3 is 15.0 Å². The third-order valence-corrected chi connectivity index (χ3v) is 7.29. The summed E-state index contributed by atoms with van der Waals surface area (Å²) in [7, 11) is 1.92. The van der Waals surface area contributed by atoms with E-state index in [2.05, 4.69) is 10.4 Å². The van der Waals surface area contributed by atoms with Gasteiger partial charge in [-0.05, 0) is 44.7 Å². The molecular formula is C21H28N4O3S. The van der Waals surface area contributed by atoms with Crippen molar-refractivity contribution in [2.75, 3.05) is 26.3 Å². The second-order valence-corrected chi connectivity index (χ2v) is 9.03. The number of hydrogen-bond acceptors (Lipinski definition) is 5. The van der Waals surface area contributed by atoms with Gasteiger partial charge in [-0.15, -0.1) is 11.3 Å². The number of morpholine rings is 1. The molecule has 0 unspecified atom stereocenters. The van der Waals surface area contributed by atoms with Crippen molar-refractivity contribution < 1.29 is 14.3 Å². The van der Waals surface area contributed by atoms with Crippen LogP contribution >= 0.6 is 11.3 Å². The second kappa shape index (κ2) is 8.28. The SMILES string of the molecule is Cc1nn(C)c(C)c1CNC(=O)[C@@H]1CCc2sc(C(=O)N3CCOCC3)cc2C1. The maximum absolute atomic E-state index is 12.8. The lowest BCUT2D eigenvalue weighted by molar-refractivity contribution is -0.125. The quantitative estimate of drug-likeness (QED) is 0.827. The Kier molecular flexibility index (Phi) is 5.74. The number of thiophene rings is 1. The molecule has 2 aliphatic rings. The lowest BCUT2D eigenvalue weighted by Crippen LogP contribution is -2.40. The normalized spacial score (nSPS) is 19.1. The summed E-state index contributed by atoms with van der Waals surface area (Å²) in [6.45, 7) is 7.02. The van der Waals surface area contributed by atoms with Crippen LogP contribution in [-0.2, 0) is 36.0 Å². The molecule has 1 aliphatic carbocycles. The molecule has 1 saturated heterocycles. The lowest BCUT2D eigenvalue weighted by Gasteiger charge is -2.26. The van der Waals surface area contributed by atoms with Gasteiger partial charge >= 0.3 is 0 Å². The van der Waals surface area contributed by atoms with Gasteiger partial charge in [-0.2, -0.15) is 5.10 Å². The van der Waals surface area contributed by atoms with Crippen LogP contribution in [0, 0.1) is 19.8 Å². The number of hydrogen-bond donors (Lipinski definition) is 1. The monoisotopic (exact) mass is 416 g/mol. The van der Waals surface area contributed by atoms with Crippen LogP contribution in [0.3, 0.4) is 0 Å². The van der Waals surface area contributed by atoms with Crippen molar-refractivity contribution in [3.05, 3.63) is 38.3 Å². The van der Waals surface area contributed by atoms with Crippen molar-refractivity contribution in [1.82, 2.24) is 20.0 Å². The van der Waals surface area contributed by atoms with Gasteiger partial charge in [0, 0.05) is 48.7 Å². The van der Waals surface area contributed by atoms with Crippen LogP contribution in [0.15, 0.2) is 6.07 Å². The predicted octanol–water partition coefficient (Wildman–Crippen LogP) is 1.99. The van der Waals surface area contributed by atoms with E-state index in [-0.39, 0.29) is 17.7 Å². The van der Waals surface area contributed by atoms with Gasteiger partial charge in [0.2, 0.25) is 5.91 Å². The zero-order valence-corrected chi connectivity index (χ0v) is 18.1. The van der Waals surface area contributed by atoms with Crippen LogP contribution in [0.4, 0.5) is 0 Å². The molecule has 1 aliphatic heterocycles. The number of carbonyl (C=O) groups is 2. The third kappa shape index (κ3) is 4.09. The van der Waals surface area contributed by atoms with E-state index in [9.17, 15) is 9.59 Å². The molecular weight excluding hydrogens is 388 g/mol. The van der Waals surface area contributed by atoms with Gasteiger partial charge in [0.1, 0.15) is 0 Å². The van der Waals surface area contributed by atoms with Crippen molar-refractivity contribution >= 4 is 23.2 Å². The van der Waals surface area contributed by atoms with E-state index in [1.807, 2.05) is 36.5 Å². The summed E-state index contributed by atoms with van der Waals surface area (Å²) < 4.78 is 7.19. The topological polar surface area (TPSA) is 76.5 Å². The van der Waals surface area contributed by atoms with Crippen LogP contribution < -0.4 is 5.32 Å². The van der Waals surface area contributed by atoms with Gasteiger partial charge in [-0.1, -0.05) is 0 Å². The summed E-state index contributed by atoms with van der Waals surface area (Å²) in [4.78, 5) is 29.4. The maximum Gasteiger partial charge on any atom is 0.264 e. The second-order valence-electron chi connectivity index (χ2n) is 7.89. The molecule has 4 rings (SSSR count). The minimum atomic E-state index is -0.0410. The van der Waals surface area contributed by atoms with Crippen molar-refractivity contribution in [2.24, 2.45) is 13.0 Å². The highest BCUT2D eigenvalue weighted by atomic mass is 32.1. The molecule has 0 aromatic carbocycles. The van der Waals surface area contributed by atoms with Gasteiger partial charge in [0.25, 0.3) is 5.91 Å². The minimum absolute atomic E-state index is 0.0410. The number of nitrogens with one attached hydrogen (secondary N) is 1. The summed E-state index contributed by atoms with van der Waals surface area (Å²) in [6, 6.07) is 2.01.